The van der Waals surface area contributed by atoms with Crippen molar-refractivity contribution in [3.8, 4) is 10.7 Å². The molecule has 0 fully saturated rings. The maximum absolute atomic E-state index is 5.39. The van der Waals surface area contributed by atoms with Crippen molar-refractivity contribution in [2.75, 3.05) is 5.73 Å². The number of thiazole rings is 1. The molecule has 0 radical (unpaired) electrons. The fourth-order valence-corrected chi connectivity index (χ4v) is 1.64. The van der Waals surface area contributed by atoms with Crippen molar-refractivity contribution in [3.05, 3.63) is 17.3 Å². The molecule has 2 aromatic heterocycles. The van der Waals surface area contributed by atoms with Crippen molar-refractivity contribution >= 4 is 17.3 Å². The van der Waals surface area contributed by atoms with Crippen molar-refractivity contribution in [1.29, 1.82) is 0 Å². The van der Waals surface area contributed by atoms with E-state index >= 15 is 0 Å². The molecular weight excluding hydrogens is 186 g/mol. The molecule has 2 N–H and O–H groups in total. The maximum Gasteiger partial charge on any atom is 0.240 e. The van der Waals surface area contributed by atoms with Gasteiger partial charge in [-0.2, -0.15) is 5.10 Å². The highest BCUT2D eigenvalue weighted by molar-refractivity contribution is 7.13. The lowest BCUT2D eigenvalue weighted by Gasteiger charge is -1.93. The van der Waals surface area contributed by atoms with E-state index in [2.05, 4.69) is 20.2 Å². The average molecular weight is 193 g/mol. The van der Waals surface area contributed by atoms with E-state index in [0.717, 1.165) is 10.7 Å². The average Bonchev–Trinajstić information content (AvgIpc) is 2.52. The summed E-state index contributed by atoms with van der Waals surface area (Å²) in [6, 6.07) is 0. The highest BCUT2D eigenvalue weighted by Crippen LogP contribution is 2.20. The molecule has 0 unspecified atom stereocenters. The second-order valence-electron chi connectivity index (χ2n) is 2.49. The third kappa shape index (κ3) is 1.62. The minimum atomic E-state index is 0.172. The standard InChI is InChI=1S/C7H7N5S/c1-4-3-13-6(10-4)5-2-9-12-7(8)11-5/h2-3H,1H3,(H2,8,11,12). The quantitative estimate of drug-likeness (QED) is 0.727. The zero-order chi connectivity index (χ0) is 9.26. The number of nitrogens with two attached hydrogens (primary N) is 1. The Morgan fingerprint density at radius 3 is 2.85 bits per heavy atom. The summed E-state index contributed by atoms with van der Waals surface area (Å²) in [5.74, 6) is 0.172. The molecule has 66 valence electrons. The Hall–Kier alpha value is -1.56. The van der Waals surface area contributed by atoms with Crippen molar-refractivity contribution in [2.45, 2.75) is 6.92 Å². The minimum absolute atomic E-state index is 0.172. The van der Waals surface area contributed by atoms with Gasteiger partial charge in [0.2, 0.25) is 5.95 Å². The van der Waals surface area contributed by atoms with Crippen LogP contribution in [0.4, 0.5) is 5.95 Å². The van der Waals surface area contributed by atoms with Crippen LogP contribution >= 0.6 is 11.3 Å². The Balaban J connectivity index is 2.46. The van der Waals surface area contributed by atoms with E-state index in [4.69, 9.17) is 5.73 Å². The first-order valence-electron chi connectivity index (χ1n) is 3.63. The molecule has 0 aromatic carbocycles. The van der Waals surface area contributed by atoms with Crippen molar-refractivity contribution in [1.82, 2.24) is 20.2 Å². The Morgan fingerprint density at radius 1 is 1.38 bits per heavy atom. The predicted molar refractivity (Wildman–Crippen MR) is 50.1 cm³/mol. The van der Waals surface area contributed by atoms with Gasteiger partial charge in [0.15, 0.2) is 0 Å². The molecule has 0 aliphatic heterocycles. The summed E-state index contributed by atoms with van der Waals surface area (Å²) >= 11 is 1.51. The van der Waals surface area contributed by atoms with E-state index in [9.17, 15) is 0 Å². The van der Waals surface area contributed by atoms with Gasteiger partial charge in [0, 0.05) is 11.1 Å². The monoisotopic (exact) mass is 193 g/mol. The first-order chi connectivity index (χ1) is 6.25. The third-order valence-electron chi connectivity index (χ3n) is 1.41. The highest BCUT2D eigenvalue weighted by atomic mass is 32.1. The summed E-state index contributed by atoms with van der Waals surface area (Å²) in [5.41, 5.74) is 7.04. The van der Waals surface area contributed by atoms with Crippen molar-refractivity contribution in [3.63, 3.8) is 0 Å². The van der Waals surface area contributed by atoms with Crippen LogP contribution < -0.4 is 5.73 Å². The summed E-state index contributed by atoms with van der Waals surface area (Å²) in [6.45, 7) is 1.93. The summed E-state index contributed by atoms with van der Waals surface area (Å²) in [5, 5.41) is 10.0. The van der Waals surface area contributed by atoms with Gasteiger partial charge in [-0.1, -0.05) is 0 Å². The van der Waals surface area contributed by atoms with E-state index in [1.54, 1.807) is 6.20 Å². The number of anilines is 1. The molecule has 0 amide bonds. The number of aromatic nitrogens is 4. The summed E-state index contributed by atoms with van der Waals surface area (Å²) < 4.78 is 0. The van der Waals surface area contributed by atoms with Crippen LogP contribution in [0.2, 0.25) is 0 Å². The SMILES string of the molecule is Cc1csc(-c2cnnc(N)n2)n1. The van der Waals surface area contributed by atoms with E-state index in [-0.39, 0.29) is 5.95 Å². The lowest BCUT2D eigenvalue weighted by Crippen LogP contribution is -1.97. The molecule has 0 aliphatic rings. The first-order valence-corrected chi connectivity index (χ1v) is 4.51. The molecule has 0 atom stereocenters. The molecule has 0 bridgehead atoms. The van der Waals surface area contributed by atoms with E-state index in [1.165, 1.54) is 11.3 Å². The number of hydrogen-bond acceptors (Lipinski definition) is 6. The van der Waals surface area contributed by atoms with Gasteiger partial charge in [-0.15, -0.1) is 16.4 Å². The second kappa shape index (κ2) is 3.06. The topological polar surface area (TPSA) is 77.6 Å². The molecule has 6 heteroatoms. The minimum Gasteiger partial charge on any atom is -0.366 e. The zero-order valence-electron chi connectivity index (χ0n) is 6.93. The molecule has 2 aromatic rings. The number of rotatable bonds is 1. The maximum atomic E-state index is 5.39. The largest absolute Gasteiger partial charge is 0.366 e. The molecule has 2 rings (SSSR count). The lowest BCUT2D eigenvalue weighted by molar-refractivity contribution is 0.988. The molecule has 0 saturated heterocycles. The van der Waals surface area contributed by atoms with Crippen LogP contribution in [0.25, 0.3) is 10.7 Å². The Labute approximate surface area is 78.7 Å². The van der Waals surface area contributed by atoms with Gasteiger partial charge in [0.1, 0.15) is 10.7 Å². The molecule has 0 aliphatic carbocycles. The number of aryl methyl sites for hydroxylation is 1. The Morgan fingerprint density at radius 2 is 2.23 bits per heavy atom. The smallest absolute Gasteiger partial charge is 0.240 e. The second-order valence-corrected chi connectivity index (χ2v) is 3.35. The molecule has 2 heterocycles. The van der Waals surface area contributed by atoms with Crippen LogP contribution in [-0.2, 0) is 0 Å². The van der Waals surface area contributed by atoms with Crippen LogP contribution in [0.1, 0.15) is 5.69 Å². The molecule has 5 nitrogen and oxygen atoms in total. The fourth-order valence-electron chi connectivity index (χ4n) is 0.892. The van der Waals surface area contributed by atoms with E-state index in [1.807, 2.05) is 12.3 Å². The molecule has 13 heavy (non-hydrogen) atoms. The van der Waals surface area contributed by atoms with Gasteiger partial charge in [0.25, 0.3) is 0 Å². The van der Waals surface area contributed by atoms with Crippen LogP contribution in [-0.4, -0.2) is 20.2 Å². The first kappa shape index (κ1) is 8.06. The molecular formula is C7H7N5S. The number of hydrogen-bond donors (Lipinski definition) is 1. The Bertz CT molecular complexity index is 424. The number of nitrogen functional groups attached to an aromatic ring is 1. The van der Waals surface area contributed by atoms with E-state index in [0.29, 0.717) is 5.69 Å². The van der Waals surface area contributed by atoms with Crippen LogP contribution in [0.5, 0.6) is 0 Å². The van der Waals surface area contributed by atoms with Gasteiger partial charge in [-0.25, -0.2) is 9.97 Å². The van der Waals surface area contributed by atoms with Crippen LogP contribution in [0.3, 0.4) is 0 Å². The van der Waals surface area contributed by atoms with Crippen molar-refractivity contribution in [2.24, 2.45) is 0 Å². The van der Waals surface area contributed by atoms with E-state index < -0.39 is 0 Å². The van der Waals surface area contributed by atoms with Gasteiger partial charge >= 0.3 is 0 Å². The van der Waals surface area contributed by atoms with Crippen molar-refractivity contribution < 1.29 is 0 Å². The van der Waals surface area contributed by atoms with Gasteiger partial charge in [0.05, 0.1) is 6.20 Å². The zero-order valence-corrected chi connectivity index (χ0v) is 7.75. The summed E-state index contributed by atoms with van der Waals surface area (Å²) in [6.07, 6.45) is 1.55. The van der Waals surface area contributed by atoms with Crippen LogP contribution in [0.15, 0.2) is 11.6 Å². The highest BCUT2D eigenvalue weighted by Gasteiger charge is 2.04. The Kier molecular flexibility index (Phi) is 1.90. The van der Waals surface area contributed by atoms with Gasteiger partial charge < -0.3 is 5.73 Å². The third-order valence-corrected chi connectivity index (χ3v) is 2.40. The predicted octanol–water partition coefficient (Wildman–Crippen LogP) is 0.886. The van der Waals surface area contributed by atoms with Gasteiger partial charge in [-0.3, -0.25) is 0 Å². The normalized spacial score (nSPS) is 10.2. The van der Waals surface area contributed by atoms with Crippen LogP contribution in [0, 0.1) is 6.92 Å². The summed E-state index contributed by atoms with van der Waals surface area (Å²) in [4.78, 5) is 8.26. The number of nitrogens with zero attached hydrogens (tertiary/aromatic N) is 4. The fraction of sp³-hybridized carbons (Fsp3) is 0.143. The molecule has 0 spiro atoms. The molecule has 0 saturated carbocycles. The lowest BCUT2D eigenvalue weighted by atomic mass is 10.5. The van der Waals surface area contributed by atoms with Gasteiger partial charge in [-0.05, 0) is 6.92 Å². The summed E-state index contributed by atoms with van der Waals surface area (Å²) in [7, 11) is 0.